The summed E-state index contributed by atoms with van der Waals surface area (Å²) in [4.78, 5) is 0.270. The van der Waals surface area contributed by atoms with E-state index in [0.717, 1.165) is 0 Å². The van der Waals surface area contributed by atoms with E-state index in [1.807, 2.05) is 0 Å². The molecule has 0 aliphatic rings. The summed E-state index contributed by atoms with van der Waals surface area (Å²) in [5.41, 5.74) is 0.401. The quantitative estimate of drug-likeness (QED) is 0.394. The summed E-state index contributed by atoms with van der Waals surface area (Å²) < 4.78 is 7.37. The molecule has 0 fully saturated rings. The number of hydrogen-bond acceptors (Lipinski definition) is 5. The second-order valence-electron chi connectivity index (χ2n) is 1.52. The first kappa shape index (κ1) is 7.13. The van der Waals surface area contributed by atoms with Crippen LogP contribution in [0.2, 0.25) is 0 Å². The molecule has 0 aromatic carbocycles. The van der Waals surface area contributed by atoms with Crippen LogP contribution in [-0.4, -0.2) is 15.2 Å². The van der Waals surface area contributed by atoms with Gasteiger partial charge in [-0.1, -0.05) is 0 Å². The summed E-state index contributed by atoms with van der Waals surface area (Å²) in [5, 5.41) is 17.3. The lowest BCUT2D eigenvalue weighted by Gasteiger charge is -1.93. The third kappa shape index (κ3) is 1.13. The zero-order valence-electron chi connectivity index (χ0n) is 4.98. The minimum Gasteiger partial charge on any atom is -0.690 e. The maximum atomic E-state index is 10.6. The van der Waals surface area contributed by atoms with E-state index in [4.69, 9.17) is 0 Å². The van der Waals surface area contributed by atoms with Crippen LogP contribution in [0.15, 0.2) is 8.77 Å². The Bertz CT molecular complexity index is 257. The summed E-state index contributed by atoms with van der Waals surface area (Å²) in [6.07, 6.45) is 0. The minimum absolute atomic E-state index is 0.0527. The van der Waals surface area contributed by atoms with Crippen molar-refractivity contribution in [3.63, 3.8) is 0 Å². The summed E-state index contributed by atoms with van der Waals surface area (Å²) in [7, 11) is 0. The molecule has 1 rings (SSSR count). The monoisotopic (exact) mass is 206 g/mol. The molecule has 1 aromatic heterocycles. The van der Waals surface area contributed by atoms with Gasteiger partial charge in [-0.2, -0.15) is 0 Å². The summed E-state index contributed by atoms with van der Waals surface area (Å²) in [5.74, 6) is 0.0527. The van der Waals surface area contributed by atoms with E-state index in [2.05, 4.69) is 35.2 Å². The summed E-state index contributed by atoms with van der Waals surface area (Å²) >= 11 is 2.60. The maximum absolute atomic E-state index is 10.6. The van der Waals surface area contributed by atoms with Crippen molar-refractivity contribution in [1.82, 2.24) is 10.3 Å². The maximum Gasteiger partial charge on any atom is 0.421 e. The van der Waals surface area contributed by atoms with Gasteiger partial charge >= 0.3 is 5.82 Å². The normalized spacial score (nSPS) is 12.0. The second kappa shape index (κ2) is 2.74. The van der Waals surface area contributed by atoms with Gasteiger partial charge in [0.25, 0.3) is 0 Å². The molecular weight excluding hydrogens is 204 g/mol. The molecule has 0 spiro atoms. The Labute approximate surface area is 64.4 Å². The van der Waals surface area contributed by atoms with E-state index in [0.29, 0.717) is 5.69 Å². The van der Waals surface area contributed by atoms with Crippen molar-refractivity contribution >= 4 is 22.0 Å². The Morgan fingerprint density at radius 2 is 2.40 bits per heavy atom. The smallest absolute Gasteiger partial charge is 0.421 e. The van der Waals surface area contributed by atoms with Crippen molar-refractivity contribution in [2.24, 2.45) is 4.14 Å². The van der Waals surface area contributed by atoms with Gasteiger partial charge in [0.1, 0.15) is 16.1 Å². The van der Waals surface area contributed by atoms with E-state index in [1.54, 1.807) is 6.92 Å². The summed E-state index contributed by atoms with van der Waals surface area (Å²) in [6, 6.07) is 0. The highest BCUT2D eigenvalue weighted by Gasteiger charge is 2.15. The lowest BCUT2D eigenvalue weighted by molar-refractivity contribution is -0.433. The van der Waals surface area contributed by atoms with Gasteiger partial charge in [0.2, 0.25) is 0 Å². The van der Waals surface area contributed by atoms with Gasteiger partial charge in [0.15, 0.2) is 10.9 Å². The van der Waals surface area contributed by atoms with Crippen molar-refractivity contribution < 1.29 is 9.49 Å². The number of aryl methyl sites for hydroxylation is 1. The molecule has 6 nitrogen and oxygen atoms in total. The Kier molecular flexibility index (Phi) is 1.95. The molecule has 0 radical (unpaired) electrons. The lowest BCUT2D eigenvalue weighted by atomic mass is 10.5. The number of hydrogen-bond donors (Lipinski definition) is 0. The van der Waals surface area contributed by atoms with Crippen LogP contribution in [0.1, 0.15) is 5.69 Å². The fraction of sp³-hybridized carbons (Fsp3) is 0.333. The lowest BCUT2D eigenvalue weighted by Crippen LogP contribution is -1.90. The van der Waals surface area contributed by atoms with E-state index >= 15 is 0 Å². The van der Waals surface area contributed by atoms with E-state index in [9.17, 15) is 5.21 Å². The summed E-state index contributed by atoms with van der Waals surface area (Å²) in [6.45, 7) is 1.59. The van der Waals surface area contributed by atoms with Crippen LogP contribution in [0.4, 0.5) is 5.82 Å². The number of nitrogens with zero attached hydrogens (tertiary/aromatic N) is 4. The average molecular weight is 207 g/mol. The highest BCUT2D eigenvalue weighted by molar-refractivity contribution is 9.08. The van der Waals surface area contributed by atoms with Crippen LogP contribution in [-0.2, 0) is 0 Å². The number of rotatable bonds is 1. The molecule has 0 aliphatic heterocycles. The van der Waals surface area contributed by atoms with Crippen LogP contribution < -0.4 is 0 Å². The molecule has 10 heavy (non-hydrogen) atoms. The third-order valence-electron chi connectivity index (χ3n) is 0.879. The first-order chi connectivity index (χ1) is 4.75. The zero-order chi connectivity index (χ0) is 7.56. The molecule has 0 saturated heterocycles. The highest BCUT2D eigenvalue weighted by Crippen LogP contribution is 2.11. The molecule has 0 N–H and O–H groups in total. The minimum atomic E-state index is 0.0527. The van der Waals surface area contributed by atoms with Gasteiger partial charge in [0, 0.05) is 0 Å². The van der Waals surface area contributed by atoms with Crippen molar-refractivity contribution in [3.05, 3.63) is 10.9 Å². The molecule has 0 saturated carbocycles. The Hall–Kier alpha value is -0.980. The van der Waals surface area contributed by atoms with Crippen molar-refractivity contribution in [2.45, 2.75) is 6.92 Å². The Morgan fingerprint density at radius 3 is 2.80 bits per heavy atom. The van der Waals surface area contributed by atoms with Gasteiger partial charge in [-0.3, -0.25) is 0 Å². The van der Waals surface area contributed by atoms with Crippen LogP contribution in [0.5, 0.6) is 0 Å². The van der Waals surface area contributed by atoms with Crippen LogP contribution in [0.3, 0.4) is 0 Å². The number of halogens is 1. The van der Waals surface area contributed by atoms with Crippen molar-refractivity contribution in [3.8, 4) is 0 Å². The van der Waals surface area contributed by atoms with Gasteiger partial charge in [0.05, 0.1) is 0 Å². The molecule has 0 aliphatic carbocycles. The average Bonchev–Trinajstić information content (AvgIpc) is 2.34. The standard InChI is InChI=1S/C3H3BrN4O2/c1-2-3(6-10-5-2)8(9)7-4/h1H3/b8-7-. The van der Waals surface area contributed by atoms with E-state index in [1.165, 1.54) is 0 Å². The van der Waals surface area contributed by atoms with Gasteiger partial charge in [-0.15, -0.1) is 9.49 Å². The Morgan fingerprint density at radius 1 is 1.70 bits per heavy atom. The predicted octanol–water partition coefficient (Wildman–Crippen LogP) is 1.28. The van der Waals surface area contributed by atoms with Crippen LogP contribution >= 0.6 is 16.1 Å². The van der Waals surface area contributed by atoms with E-state index in [-0.39, 0.29) is 10.7 Å². The third-order valence-corrected chi connectivity index (χ3v) is 1.17. The molecule has 1 aromatic rings. The first-order valence-corrected chi connectivity index (χ1v) is 3.05. The number of aromatic nitrogens is 2. The molecule has 54 valence electrons. The highest BCUT2D eigenvalue weighted by atomic mass is 79.9. The topological polar surface area (TPSA) is 77.3 Å². The Balaban J connectivity index is 3.05. The molecular formula is C3H3BrN4O2. The largest absolute Gasteiger partial charge is 0.690 e. The van der Waals surface area contributed by atoms with Crippen LogP contribution in [0.25, 0.3) is 0 Å². The molecule has 1 heterocycles. The van der Waals surface area contributed by atoms with Gasteiger partial charge in [-0.05, 0) is 16.2 Å². The van der Waals surface area contributed by atoms with Crippen molar-refractivity contribution in [1.29, 1.82) is 0 Å². The van der Waals surface area contributed by atoms with Gasteiger partial charge < -0.3 is 5.21 Å². The van der Waals surface area contributed by atoms with Crippen molar-refractivity contribution in [2.75, 3.05) is 0 Å². The van der Waals surface area contributed by atoms with E-state index < -0.39 is 0 Å². The fourth-order valence-corrected chi connectivity index (χ4v) is 0.587. The molecule has 0 bridgehead atoms. The van der Waals surface area contributed by atoms with Gasteiger partial charge in [-0.25, -0.2) is 0 Å². The van der Waals surface area contributed by atoms with Crippen LogP contribution in [0, 0.1) is 12.1 Å². The first-order valence-electron chi connectivity index (χ1n) is 2.34. The molecule has 7 heteroatoms. The SMILES string of the molecule is Cc1nonc1/[N+]([O-])=N/Br. The second-order valence-corrected chi connectivity index (χ2v) is 1.84. The molecule has 0 amide bonds. The molecule has 0 unspecified atom stereocenters. The fourth-order valence-electron chi connectivity index (χ4n) is 0.436. The zero-order valence-corrected chi connectivity index (χ0v) is 6.57. The predicted molar refractivity (Wildman–Crippen MR) is 33.7 cm³/mol. The molecule has 0 atom stereocenters.